The zero-order valence-electron chi connectivity index (χ0n) is 18.8. The molecule has 0 bridgehead atoms. The van der Waals surface area contributed by atoms with Gasteiger partial charge >= 0.3 is 5.97 Å². The van der Waals surface area contributed by atoms with E-state index in [0.717, 1.165) is 31.9 Å². The molecule has 0 saturated carbocycles. The molecular formula is C27H29N3O3. The summed E-state index contributed by atoms with van der Waals surface area (Å²) in [6, 6.07) is 26.5. The smallest absolute Gasteiger partial charge is 0.337 e. The van der Waals surface area contributed by atoms with Crippen molar-refractivity contribution in [3.05, 3.63) is 95.6 Å². The topological polar surface area (TPSA) is 72.9 Å². The quantitative estimate of drug-likeness (QED) is 0.556. The molecule has 6 nitrogen and oxygen atoms in total. The summed E-state index contributed by atoms with van der Waals surface area (Å²) >= 11 is 0. The van der Waals surface area contributed by atoms with E-state index < -0.39 is 5.97 Å². The second-order valence-corrected chi connectivity index (χ2v) is 8.18. The zero-order chi connectivity index (χ0) is 23.2. The molecule has 4 rings (SSSR count). The van der Waals surface area contributed by atoms with Crippen LogP contribution in [0.3, 0.4) is 0 Å². The van der Waals surface area contributed by atoms with E-state index in [-0.39, 0.29) is 17.5 Å². The van der Waals surface area contributed by atoms with Gasteiger partial charge in [-0.15, -0.1) is 0 Å². The first-order chi connectivity index (χ1) is 16.1. The fraction of sp³-hybridized carbons (Fsp3) is 0.259. The van der Waals surface area contributed by atoms with Crippen LogP contribution in [0.1, 0.15) is 40.9 Å². The van der Waals surface area contributed by atoms with Gasteiger partial charge in [-0.05, 0) is 29.3 Å². The summed E-state index contributed by atoms with van der Waals surface area (Å²) in [7, 11) is 0. The zero-order valence-corrected chi connectivity index (χ0v) is 18.8. The normalized spacial score (nSPS) is 14.3. The maximum atomic E-state index is 11.8. The largest absolute Gasteiger partial charge is 0.478 e. The number of carboxylic acids is 1. The van der Waals surface area contributed by atoms with E-state index in [9.17, 15) is 14.7 Å². The maximum Gasteiger partial charge on any atom is 0.337 e. The van der Waals surface area contributed by atoms with Crippen molar-refractivity contribution in [3.63, 3.8) is 0 Å². The molecule has 0 spiro atoms. The Bertz CT molecular complexity index is 1050. The lowest BCUT2D eigenvalue weighted by molar-refractivity contribution is -0.115. The van der Waals surface area contributed by atoms with Gasteiger partial charge in [-0.25, -0.2) is 4.79 Å². The van der Waals surface area contributed by atoms with Crippen LogP contribution in [0, 0.1) is 0 Å². The van der Waals surface area contributed by atoms with Crippen molar-refractivity contribution in [2.24, 2.45) is 0 Å². The van der Waals surface area contributed by atoms with Crippen LogP contribution < -0.4 is 10.2 Å². The summed E-state index contributed by atoms with van der Waals surface area (Å²) in [5.74, 6) is -1.25. The number of carbonyl (C=O) groups is 2. The van der Waals surface area contributed by atoms with Crippen molar-refractivity contribution in [2.75, 3.05) is 36.4 Å². The van der Waals surface area contributed by atoms with Crippen LogP contribution in [0.25, 0.3) is 0 Å². The fourth-order valence-corrected chi connectivity index (χ4v) is 4.38. The Kier molecular flexibility index (Phi) is 7.05. The molecule has 0 aliphatic carbocycles. The average molecular weight is 444 g/mol. The monoisotopic (exact) mass is 443 g/mol. The molecule has 0 aromatic heterocycles. The number of nitrogens with one attached hydrogen (secondary N) is 1. The molecule has 0 atom stereocenters. The number of hydrogen-bond donors (Lipinski definition) is 2. The van der Waals surface area contributed by atoms with Gasteiger partial charge in [-0.1, -0.05) is 67.6 Å². The third-order valence-corrected chi connectivity index (χ3v) is 6.10. The van der Waals surface area contributed by atoms with Crippen molar-refractivity contribution in [1.29, 1.82) is 0 Å². The predicted molar refractivity (Wildman–Crippen MR) is 131 cm³/mol. The van der Waals surface area contributed by atoms with Gasteiger partial charge in [0.1, 0.15) is 0 Å². The van der Waals surface area contributed by atoms with Crippen LogP contribution in [0.2, 0.25) is 0 Å². The molecule has 6 heteroatoms. The number of piperazine rings is 1. The molecule has 0 radical (unpaired) electrons. The Morgan fingerprint density at radius 1 is 0.879 bits per heavy atom. The second kappa shape index (κ2) is 10.3. The molecule has 170 valence electrons. The summed E-state index contributed by atoms with van der Waals surface area (Å²) < 4.78 is 0. The Morgan fingerprint density at radius 2 is 1.45 bits per heavy atom. The highest BCUT2D eigenvalue weighted by molar-refractivity contribution is 6.01. The lowest BCUT2D eigenvalue weighted by Crippen LogP contribution is -2.48. The van der Waals surface area contributed by atoms with Crippen LogP contribution in [0.15, 0.2) is 78.9 Å². The van der Waals surface area contributed by atoms with Crippen LogP contribution in [0.5, 0.6) is 0 Å². The van der Waals surface area contributed by atoms with E-state index >= 15 is 0 Å². The highest BCUT2D eigenvalue weighted by Gasteiger charge is 2.27. The van der Waals surface area contributed by atoms with E-state index in [1.54, 1.807) is 19.1 Å². The van der Waals surface area contributed by atoms with Crippen molar-refractivity contribution >= 4 is 23.3 Å². The number of nitrogens with zero attached hydrogens (tertiary/aromatic N) is 2. The standard InChI is InChI=1S/C27H29N3O3/c1-2-25(31)28-24-14-13-22(19-23(24)27(32)33)29-15-17-30(18-16-29)26(20-9-5-3-6-10-20)21-11-7-4-8-12-21/h3-14,19,26H,2,15-18H2,1H3,(H,28,31)(H,32,33). The highest BCUT2D eigenvalue weighted by atomic mass is 16.4. The number of carbonyl (C=O) groups excluding carboxylic acids is 1. The van der Waals surface area contributed by atoms with Gasteiger partial charge in [0.15, 0.2) is 0 Å². The molecule has 1 aliphatic heterocycles. The lowest BCUT2D eigenvalue weighted by atomic mass is 9.96. The van der Waals surface area contributed by atoms with E-state index in [2.05, 4.69) is 63.6 Å². The molecule has 1 amide bonds. The van der Waals surface area contributed by atoms with Gasteiger partial charge in [-0.2, -0.15) is 0 Å². The minimum Gasteiger partial charge on any atom is -0.478 e. The summed E-state index contributed by atoms with van der Waals surface area (Å²) in [5, 5.41) is 12.3. The Labute approximate surface area is 194 Å². The van der Waals surface area contributed by atoms with Gasteiger partial charge in [0.2, 0.25) is 5.91 Å². The fourth-order valence-electron chi connectivity index (χ4n) is 4.38. The number of aromatic carboxylic acids is 1. The molecule has 1 fully saturated rings. The number of rotatable bonds is 7. The summed E-state index contributed by atoms with van der Waals surface area (Å²) in [6.45, 7) is 5.02. The van der Waals surface area contributed by atoms with Crippen LogP contribution in [0.4, 0.5) is 11.4 Å². The summed E-state index contributed by atoms with van der Waals surface area (Å²) in [6.07, 6.45) is 0.298. The van der Waals surface area contributed by atoms with E-state index in [0.29, 0.717) is 12.1 Å². The molecule has 0 unspecified atom stereocenters. The SMILES string of the molecule is CCC(=O)Nc1ccc(N2CCN(C(c3ccccc3)c3ccccc3)CC2)cc1C(=O)O. The minimum absolute atomic E-state index is 0.114. The average Bonchev–Trinajstić information content (AvgIpc) is 2.86. The Morgan fingerprint density at radius 3 is 1.97 bits per heavy atom. The maximum absolute atomic E-state index is 11.8. The van der Waals surface area contributed by atoms with Crippen molar-refractivity contribution in [2.45, 2.75) is 19.4 Å². The van der Waals surface area contributed by atoms with Crippen LogP contribution in [-0.2, 0) is 4.79 Å². The molecular weight excluding hydrogens is 414 g/mol. The first-order valence-corrected chi connectivity index (χ1v) is 11.3. The number of carboxylic acid groups (broad SMARTS) is 1. The van der Waals surface area contributed by atoms with Crippen LogP contribution in [-0.4, -0.2) is 48.1 Å². The number of benzene rings is 3. The second-order valence-electron chi connectivity index (χ2n) is 8.18. The van der Waals surface area contributed by atoms with Crippen LogP contribution >= 0.6 is 0 Å². The van der Waals surface area contributed by atoms with Gasteiger partial charge in [-0.3, -0.25) is 9.69 Å². The Balaban J connectivity index is 1.52. The Hall–Kier alpha value is -3.64. The third kappa shape index (κ3) is 5.23. The summed E-state index contributed by atoms with van der Waals surface area (Å²) in [5.41, 5.74) is 3.84. The minimum atomic E-state index is -1.05. The molecule has 1 saturated heterocycles. The predicted octanol–water partition coefficient (Wildman–Crippen LogP) is 4.64. The molecule has 3 aromatic rings. The van der Waals surface area contributed by atoms with Crippen molar-refractivity contribution < 1.29 is 14.7 Å². The number of anilines is 2. The van der Waals surface area contributed by atoms with Gasteiger partial charge in [0, 0.05) is 38.3 Å². The van der Waals surface area contributed by atoms with E-state index in [4.69, 9.17) is 0 Å². The lowest BCUT2D eigenvalue weighted by Gasteiger charge is -2.40. The van der Waals surface area contributed by atoms with Crippen molar-refractivity contribution in [1.82, 2.24) is 4.90 Å². The first kappa shape index (κ1) is 22.6. The summed E-state index contributed by atoms with van der Waals surface area (Å²) in [4.78, 5) is 28.3. The molecule has 1 heterocycles. The van der Waals surface area contributed by atoms with Gasteiger partial charge in [0.25, 0.3) is 0 Å². The highest BCUT2D eigenvalue weighted by Crippen LogP contribution is 2.31. The number of amides is 1. The molecule has 3 aromatic carbocycles. The molecule has 2 N–H and O–H groups in total. The van der Waals surface area contributed by atoms with Crippen molar-refractivity contribution in [3.8, 4) is 0 Å². The molecule has 1 aliphatic rings. The van der Waals surface area contributed by atoms with Gasteiger partial charge < -0.3 is 15.3 Å². The molecule has 33 heavy (non-hydrogen) atoms. The van der Waals surface area contributed by atoms with E-state index in [1.807, 2.05) is 18.2 Å². The van der Waals surface area contributed by atoms with Gasteiger partial charge in [0.05, 0.1) is 17.3 Å². The number of hydrogen-bond acceptors (Lipinski definition) is 4. The first-order valence-electron chi connectivity index (χ1n) is 11.3. The van der Waals surface area contributed by atoms with E-state index in [1.165, 1.54) is 11.1 Å². The third-order valence-electron chi connectivity index (χ3n) is 6.10.